The Labute approximate surface area is 184 Å². The lowest BCUT2D eigenvalue weighted by Gasteiger charge is -2.04. The Hall–Kier alpha value is -3.43. The van der Waals surface area contributed by atoms with Gasteiger partial charge in [-0.15, -0.1) is 11.3 Å². The van der Waals surface area contributed by atoms with E-state index in [0.29, 0.717) is 10.5 Å². The fraction of sp³-hybridized carbons (Fsp3) is 0. The maximum Gasteiger partial charge on any atom is 0.294 e. The van der Waals surface area contributed by atoms with E-state index in [1.165, 1.54) is 17.4 Å². The zero-order valence-electron chi connectivity index (χ0n) is 15.4. The minimum Gasteiger partial charge on any atom is -0.258 e. The zero-order chi connectivity index (χ0) is 20.9. The molecular weight excluding hydrogens is 466 g/mol. The number of hydrogen-bond donors (Lipinski definition) is 0. The molecule has 0 spiro atoms. The third-order valence-electron chi connectivity index (χ3n) is 4.11. The molecule has 0 aliphatic carbocycles. The number of nitro benzene ring substituents is 1. The molecule has 4 rings (SSSR count). The smallest absolute Gasteiger partial charge is 0.258 e. The highest BCUT2D eigenvalue weighted by atomic mass is 79.9. The number of rotatable bonds is 5. The maximum absolute atomic E-state index is 11.4. The summed E-state index contributed by atoms with van der Waals surface area (Å²) < 4.78 is 2.63. The molecule has 0 atom stereocenters. The van der Waals surface area contributed by atoms with Gasteiger partial charge in [-0.3, -0.25) is 15.1 Å². The summed E-state index contributed by atoms with van der Waals surface area (Å²) in [7, 11) is 0. The number of nitro groups is 1. The molecule has 7 nitrogen and oxygen atoms in total. The lowest BCUT2D eigenvalue weighted by atomic mass is 10.2. The van der Waals surface area contributed by atoms with E-state index in [-0.39, 0.29) is 11.4 Å². The number of benzene rings is 2. The minimum atomic E-state index is -0.441. The van der Waals surface area contributed by atoms with Gasteiger partial charge in [-0.25, -0.2) is 9.67 Å². The largest absolute Gasteiger partial charge is 0.294 e. The summed E-state index contributed by atoms with van der Waals surface area (Å²) in [5.74, 6) is 0. The van der Waals surface area contributed by atoms with Gasteiger partial charge >= 0.3 is 0 Å². The van der Waals surface area contributed by atoms with E-state index in [0.717, 1.165) is 15.7 Å². The van der Waals surface area contributed by atoms with Crippen molar-refractivity contribution in [1.29, 1.82) is 0 Å². The summed E-state index contributed by atoms with van der Waals surface area (Å²) >= 11 is 4.80. The quantitative estimate of drug-likeness (QED) is 0.218. The maximum atomic E-state index is 11.4. The molecule has 0 saturated heterocycles. The number of hydrogen-bond acceptors (Lipinski definition) is 6. The summed E-state index contributed by atoms with van der Waals surface area (Å²) in [6.07, 6.45) is 3.32. The Morgan fingerprint density at radius 3 is 2.57 bits per heavy atom. The molecule has 2 aromatic heterocycles. The van der Waals surface area contributed by atoms with Crippen molar-refractivity contribution in [1.82, 2.24) is 9.66 Å². The van der Waals surface area contributed by atoms with Crippen molar-refractivity contribution < 1.29 is 4.92 Å². The van der Waals surface area contributed by atoms with Crippen LogP contribution in [0.25, 0.3) is 11.3 Å². The van der Waals surface area contributed by atoms with Gasteiger partial charge in [0.05, 0.1) is 22.5 Å². The molecule has 30 heavy (non-hydrogen) atoms. The highest BCUT2D eigenvalue weighted by Crippen LogP contribution is 2.27. The van der Waals surface area contributed by atoms with Crippen LogP contribution in [0.4, 0.5) is 11.4 Å². The first-order valence-corrected chi connectivity index (χ1v) is 10.5. The zero-order valence-corrected chi connectivity index (χ0v) is 17.8. The Morgan fingerprint density at radius 1 is 1.07 bits per heavy atom. The molecule has 0 bridgehead atoms. The fourth-order valence-corrected chi connectivity index (χ4v) is 3.81. The van der Waals surface area contributed by atoms with E-state index in [1.807, 2.05) is 47.8 Å². The van der Waals surface area contributed by atoms with Gasteiger partial charge in [0.15, 0.2) is 0 Å². The van der Waals surface area contributed by atoms with Crippen LogP contribution in [0.3, 0.4) is 0 Å². The highest BCUT2D eigenvalue weighted by Gasteiger charge is 2.13. The first-order valence-electron chi connectivity index (χ1n) is 8.82. The van der Waals surface area contributed by atoms with Crippen LogP contribution in [-0.2, 0) is 0 Å². The predicted molar refractivity (Wildman–Crippen MR) is 121 cm³/mol. The van der Waals surface area contributed by atoms with Gasteiger partial charge < -0.3 is 0 Å². The summed E-state index contributed by atoms with van der Waals surface area (Å²) in [4.78, 5) is 20.2. The van der Waals surface area contributed by atoms with Gasteiger partial charge in [-0.1, -0.05) is 46.3 Å². The van der Waals surface area contributed by atoms with E-state index in [2.05, 4.69) is 31.0 Å². The van der Waals surface area contributed by atoms with Crippen LogP contribution in [0.2, 0.25) is 0 Å². The number of aromatic nitrogens is 2. The van der Waals surface area contributed by atoms with Crippen molar-refractivity contribution in [2.75, 3.05) is 0 Å². The standard InChI is InChI=1S/C21H14BrN5O2S/c22-16-10-8-15(9-11-16)20-14-30-21(25-18-6-1-2-7-19(18)27(28)29)26(20)24-13-17-5-3-4-12-23-17/h1-14H. The number of nitrogens with zero attached hydrogens (tertiary/aromatic N) is 5. The van der Waals surface area contributed by atoms with Crippen molar-refractivity contribution in [2.24, 2.45) is 10.1 Å². The van der Waals surface area contributed by atoms with Gasteiger partial charge in [0.1, 0.15) is 5.69 Å². The molecule has 0 radical (unpaired) electrons. The summed E-state index contributed by atoms with van der Waals surface area (Å²) in [6.45, 7) is 0. The topological polar surface area (TPSA) is 85.7 Å². The number of thiazole rings is 1. The lowest BCUT2D eigenvalue weighted by molar-refractivity contribution is -0.384. The molecule has 0 amide bonds. The van der Waals surface area contributed by atoms with Gasteiger partial charge in [0, 0.05) is 27.7 Å². The number of halogens is 1. The van der Waals surface area contributed by atoms with Crippen LogP contribution in [0.5, 0.6) is 0 Å². The Morgan fingerprint density at radius 2 is 1.83 bits per heavy atom. The average Bonchev–Trinajstić information content (AvgIpc) is 3.16. The normalized spacial score (nSPS) is 11.8. The Bertz CT molecular complexity index is 1280. The molecule has 0 aliphatic heterocycles. The summed E-state index contributed by atoms with van der Waals surface area (Å²) in [5.41, 5.74) is 2.66. The van der Waals surface area contributed by atoms with Crippen LogP contribution < -0.4 is 4.80 Å². The van der Waals surface area contributed by atoms with E-state index >= 15 is 0 Å². The third kappa shape index (κ3) is 4.42. The molecule has 9 heteroatoms. The molecule has 2 heterocycles. The second-order valence-electron chi connectivity index (χ2n) is 6.08. The van der Waals surface area contributed by atoms with Gasteiger partial charge in [0.2, 0.25) is 4.80 Å². The second-order valence-corrected chi connectivity index (χ2v) is 7.83. The summed E-state index contributed by atoms with van der Waals surface area (Å²) in [6, 6.07) is 19.8. The number of para-hydroxylation sites is 2. The van der Waals surface area contributed by atoms with Crippen LogP contribution in [0, 0.1) is 10.1 Å². The van der Waals surface area contributed by atoms with Crippen molar-refractivity contribution >= 4 is 44.9 Å². The summed E-state index contributed by atoms with van der Waals surface area (Å²) in [5, 5.41) is 17.9. The molecule has 0 saturated carbocycles. The van der Waals surface area contributed by atoms with Crippen molar-refractivity contribution in [2.45, 2.75) is 0 Å². The molecule has 0 fully saturated rings. The SMILES string of the molecule is O=[N+]([O-])c1ccccc1N=c1scc(-c2ccc(Br)cc2)n1N=Cc1ccccn1. The Balaban J connectivity index is 1.88. The van der Waals surface area contributed by atoms with Crippen LogP contribution in [0.15, 0.2) is 92.9 Å². The molecule has 2 aromatic carbocycles. The first kappa shape index (κ1) is 19.9. The molecule has 0 unspecified atom stereocenters. The molecule has 0 aliphatic rings. The van der Waals surface area contributed by atoms with E-state index < -0.39 is 4.92 Å². The highest BCUT2D eigenvalue weighted by molar-refractivity contribution is 9.10. The van der Waals surface area contributed by atoms with E-state index in [4.69, 9.17) is 0 Å². The predicted octanol–water partition coefficient (Wildman–Crippen LogP) is 5.40. The van der Waals surface area contributed by atoms with E-state index in [1.54, 1.807) is 35.3 Å². The second kappa shape index (κ2) is 8.93. The third-order valence-corrected chi connectivity index (χ3v) is 5.46. The van der Waals surface area contributed by atoms with Crippen molar-refractivity contribution in [3.05, 3.63) is 103 Å². The molecule has 4 aromatic rings. The van der Waals surface area contributed by atoms with Crippen molar-refractivity contribution in [3.8, 4) is 11.3 Å². The van der Waals surface area contributed by atoms with Gasteiger partial charge in [-0.05, 0) is 30.3 Å². The van der Waals surface area contributed by atoms with Crippen LogP contribution >= 0.6 is 27.3 Å². The Kier molecular flexibility index (Phi) is 5.92. The fourth-order valence-electron chi connectivity index (χ4n) is 2.69. The average molecular weight is 480 g/mol. The lowest BCUT2D eigenvalue weighted by Crippen LogP contribution is -2.12. The molecular formula is C21H14BrN5O2S. The van der Waals surface area contributed by atoms with E-state index in [9.17, 15) is 10.1 Å². The van der Waals surface area contributed by atoms with Gasteiger partial charge in [0.25, 0.3) is 5.69 Å². The molecule has 148 valence electrons. The van der Waals surface area contributed by atoms with Crippen LogP contribution in [0.1, 0.15) is 5.69 Å². The minimum absolute atomic E-state index is 0.0589. The van der Waals surface area contributed by atoms with Crippen molar-refractivity contribution in [3.63, 3.8) is 0 Å². The number of pyridine rings is 1. The first-order chi connectivity index (χ1) is 14.6. The monoisotopic (exact) mass is 479 g/mol. The van der Waals surface area contributed by atoms with Gasteiger partial charge in [-0.2, -0.15) is 5.10 Å². The van der Waals surface area contributed by atoms with Crippen LogP contribution in [-0.4, -0.2) is 20.8 Å². The molecule has 0 N–H and O–H groups in total.